The van der Waals surface area contributed by atoms with Crippen LogP contribution in [-0.2, 0) is 16.4 Å². The van der Waals surface area contributed by atoms with Gasteiger partial charge < -0.3 is 5.32 Å². The molecule has 2 heterocycles. The van der Waals surface area contributed by atoms with Gasteiger partial charge in [0, 0.05) is 5.69 Å². The van der Waals surface area contributed by atoms with Crippen molar-refractivity contribution in [3.63, 3.8) is 0 Å². The first-order chi connectivity index (χ1) is 15.7. The molecule has 0 spiro atoms. The summed E-state index contributed by atoms with van der Waals surface area (Å²) in [6.45, 7) is 5.63. The molecule has 33 heavy (non-hydrogen) atoms. The van der Waals surface area contributed by atoms with Crippen LogP contribution in [0.25, 0.3) is 11.0 Å². The summed E-state index contributed by atoms with van der Waals surface area (Å²) in [6, 6.07) is 10.3. The van der Waals surface area contributed by atoms with Gasteiger partial charge in [-0.25, -0.2) is 8.42 Å². The molecule has 2 aromatic heterocycles. The van der Waals surface area contributed by atoms with Crippen LogP contribution in [0.1, 0.15) is 31.9 Å². The SMILES string of the molecule is Cc1cc(C)c(NC(=O)c2sccc2S(=O)(=O)Nc2ccc3nsnc3c2)c(C)c1CC#N. The Hall–Kier alpha value is -3.33. The molecule has 1 amide bonds. The zero-order valence-electron chi connectivity index (χ0n) is 18.0. The molecule has 2 N–H and O–H groups in total. The van der Waals surface area contributed by atoms with E-state index in [2.05, 4.69) is 24.9 Å². The smallest absolute Gasteiger partial charge is 0.267 e. The molecule has 11 heteroatoms. The number of carbonyl (C=O) groups excluding carboxylic acids is 1. The maximum absolute atomic E-state index is 13.1. The van der Waals surface area contributed by atoms with E-state index < -0.39 is 15.9 Å². The number of aromatic nitrogens is 2. The Bertz CT molecular complexity index is 1530. The largest absolute Gasteiger partial charge is 0.321 e. The van der Waals surface area contributed by atoms with Crippen molar-refractivity contribution in [2.24, 2.45) is 0 Å². The molecule has 4 rings (SSSR count). The van der Waals surface area contributed by atoms with Crippen molar-refractivity contribution in [2.75, 3.05) is 10.0 Å². The van der Waals surface area contributed by atoms with Crippen LogP contribution in [0.5, 0.6) is 0 Å². The van der Waals surface area contributed by atoms with Crippen LogP contribution >= 0.6 is 23.1 Å². The Balaban J connectivity index is 1.64. The Kier molecular flexibility index (Phi) is 6.16. The quantitative estimate of drug-likeness (QED) is 0.394. The minimum Gasteiger partial charge on any atom is -0.321 e. The van der Waals surface area contributed by atoms with Gasteiger partial charge in [0.25, 0.3) is 15.9 Å². The molecular formula is C22H19N5O3S3. The molecule has 0 fully saturated rings. The van der Waals surface area contributed by atoms with Crippen LogP contribution in [0.15, 0.2) is 40.6 Å². The van der Waals surface area contributed by atoms with E-state index in [0.29, 0.717) is 22.4 Å². The normalized spacial score (nSPS) is 11.3. The van der Waals surface area contributed by atoms with Crippen LogP contribution in [0, 0.1) is 32.1 Å². The number of nitrogens with one attached hydrogen (secondary N) is 2. The lowest BCUT2D eigenvalue weighted by atomic mass is 9.95. The van der Waals surface area contributed by atoms with Crippen LogP contribution in [0.4, 0.5) is 11.4 Å². The van der Waals surface area contributed by atoms with Crippen molar-refractivity contribution < 1.29 is 13.2 Å². The van der Waals surface area contributed by atoms with Gasteiger partial charge in [-0.3, -0.25) is 9.52 Å². The third-order valence-corrected chi connectivity index (χ3v) is 8.28. The molecule has 2 aromatic carbocycles. The molecule has 0 saturated heterocycles. The molecular weight excluding hydrogens is 478 g/mol. The lowest BCUT2D eigenvalue weighted by Gasteiger charge is -2.17. The van der Waals surface area contributed by atoms with E-state index in [9.17, 15) is 13.2 Å². The van der Waals surface area contributed by atoms with E-state index in [1.165, 1.54) is 6.07 Å². The Morgan fingerprint density at radius 3 is 2.61 bits per heavy atom. The molecule has 8 nitrogen and oxygen atoms in total. The summed E-state index contributed by atoms with van der Waals surface area (Å²) in [4.78, 5) is 13.1. The minimum absolute atomic E-state index is 0.0695. The summed E-state index contributed by atoms with van der Waals surface area (Å²) in [7, 11) is -4.02. The van der Waals surface area contributed by atoms with Gasteiger partial charge in [0.2, 0.25) is 0 Å². The number of benzene rings is 2. The summed E-state index contributed by atoms with van der Waals surface area (Å²) >= 11 is 2.09. The van der Waals surface area contributed by atoms with E-state index in [4.69, 9.17) is 5.26 Å². The highest BCUT2D eigenvalue weighted by Gasteiger charge is 2.25. The van der Waals surface area contributed by atoms with Crippen LogP contribution in [0.3, 0.4) is 0 Å². The Morgan fingerprint density at radius 2 is 1.85 bits per heavy atom. The van der Waals surface area contributed by atoms with Gasteiger partial charge in [-0.2, -0.15) is 14.0 Å². The predicted octanol–water partition coefficient (Wildman–Crippen LogP) is 4.80. The predicted molar refractivity (Wildman–Crippen MR) is 130 cm³/mol. The first-order valence-electron chi connectivity index (χ1n) is 9.82. The molecule has 0 aliphatic rings. The number of aryl methyl sites for hydroxylation is 2. The molecule has 0 unspecified atom stereocenters. The molecule has 0 atom stereocenters. The number of thiophene rings is 1. The molecule has 0 aliphatic heterocycles. The summed E-state index contributed by atoms with van der Waals surface area (Å²) in [5.41, 5.74) is 5.64. The van der Waals surface area contributed by atoms with Gasteiger partial charge in [0.1, 0.15) is 20.8 Å². The van der Waals surface area contributed by atoms with Crippen LogP contribution in [-0.4, -0.2) is 23.1 Å². The number of hydrogen-bond acceptors (Lipinski definition) is 8. The van der Waals surface area contributed by atoms with Gasteiger partial charge in [-0.15, -0.1) is 11.3 Å². The molecule has 0 saturated carbocycles. The second kappa shape index (κ2) is 8.90. The second-order valence-corrected chi connectivity index (χ2v) is 10.6. The lowest BCUT2D eigenvalue weighted by Crippen LogP contribution is -2.19. The minimum atomic E-state index is -4.02. The van der Waals surface area contributed by atoms with Gasteiger partial charge in [-0.05, 0) is 72.7 Å². The second-order valence-electron chi connectivity index (χ2n) is 7.47. The highest BCUT2D eigenvalue weighted by Crippen LogP contribution is 2.30. The summed E-state index contributed by atoms with van der Waals surface area (Å²) in [5.74, 6) is -0.525. The lowest BCUT2D eigenvalue weighted by molar-refractivity contribution is 0.102. The Labute approximate surface area is 199 Å². The van der Waals surface area contributed by atoms with Crippen LogP contribution in [0.2, 0.25) is 0 Å². The van der Waals surface area contributed by atoms with Crippen molar-refractivity contribution in [1.29, 1.82) is 5.26 Å². The number of anilines is 2. The average Bonchev–Trinajstić information content (AvgIpc) is 3.43. The Morgan fingerprint density at radius 1 is 1.09 bits per heavy atom. The number of carbonyl (C=O) groups is 1. The zero-order chi connectivity index (χ0) is 23.8. The summed E-state index contributed by atoms with van der Waals surface area (Å²) in [5, 5.41) is 13.6. The number of amides is 1. The van der Waals surface area contributed by atoms with E-state index in [0.717, 1.165) is 45.3 Å². The fourth-order valence-corrected chi connectivity index (χ4v) is 6.56. The first kappa shape index (κ1) is 22.8. The summed E-state index contributed by atoms with van der Waals surface area (Å²) < 4.78 is 36.9. The molecule has 0 aliphatic carbocycles. The van der Waals surface area contributed by atoms with Gasteiger partial charge in [0.05, 0.1) is 29.9 Å². The fraction of sp³-hybridized carbons (Fsp3) is 0.182. The standard InChI is InChI=1S/C22H19N5O3S3/c1-12-10-13(2)20(14(3)16(12)6-8-23)24-22(28)21-19(7-9-31-21)33(29,30)27-15-4-5-17-18(11-15)26-32-25-17/h4-5,7,9-11,27H,6H2,1-3H3,(H,24,28). The van der Waals surface area contributed by atoms with E-state index in [1.807, 2.05) is 26.8 Å². The topological polar surface area (TPSA) is 125 Å². The first-order valence-corrected chi connectivity index (χ1v) is 12.9. The van der Waals surface area contributed by atoms with Crippen molar-refractivity contribution in [3.05, 3.63) is 62.8 Å². The number of rotatable bonds is 6. The number of sulfonamides is 1. The fourth-order valence-electron chi connectivity index (χ4n) is 3.67. The zero-order valence-corrected chi connectivity index (χ0v) is 20.4. The van der Waals surface area contributed by atoms with Crippen molar-refractivity contribution >= 4 is 61.4 Å². The van der Waals surface area contributed by atoms with E-state index in [-0.39, 0.29) is 16.2 Å². The number of nitriles is 1. The third kappa shape index (κ3) is 4.45. The molecule has 0 bridgehead atoms. The maximum atomic E-state index is 13.1. The molecule has 4 aromatic rings. The highest BCUT2D eigenvalue weighted by atomic mass is 32.2. The number of fused-ring (bicyclic) bond motifs is 1. The van der Waals surface area contributed by atoms with Crippen molar-refractivity contribution in [3.8, 4) is 6.07 Å². The third-order valence-electron chi connectivity index (χ3n) is 5.26. The maximum Gasteiger partial charge on any atom is 0.267 e. The molecule has 0 radical (unpaired) electrons. The van der Waals surface area contributed by atoms with Gasteiger partial charge >= 0.3 is 0 Å². The van der Waals surface area contributed by atoms with Gasteiger partial charge in [0.15, 0.2) is 0 Å². The van der Waals surface area contributed by atoms with Crippen molar-refractivity contribution in [2.45, 2.75) is 32.1 Å². The highest BCUT2D eigenvalue weighted by molar-refractivity contribution is 7.93. The van der Waals surface area contributed by atoms with Crippen molar-refractivity contribution in [1.82, 2.24) is 8.75 Å². The average molecular weight is 498 g/mol. The number of hydrogen-bond donors (Lipinski definition) is 2. The van der Waals surface area contributed by atoms with Gasteiger partial charge in [-0.1, -0.05) is 6.07 Å². The summed E-state index contributed by atoms with van der Waals surface area (Å²) in [6.07, 6.45) is 0.224. The monoisotopic (exact) mass is 497 g/mol. The number of nitrogens with zero attached hydrogens (tertiary/aromatic N) is 3. The van der Waals surface area contributed by atoms with Crippen LogP contribution < -0.4 is 10.0 Å². The van der Waals surface area contributed by atoms with E-state index >= 15 is 0 Å². The molecule has 168 valence electrons. The van der Waals surface area contributed by atoms with E-state index in [1.54, 1.807) is 23.6 Å².